The van der Waals surface area contributed by atoms with E-state index in [-0.39, 0.29) is 5.41 Å². The molecule has 2 saturated carbocycles. The Kier molecular flexibility index (Phi) is 1.37. The third-order valence-electron chi connectivity index (χ3n) is 4.63. The van der Waals surface area contributed by atoms with Crippen LogP contribution in [0.15, 0.2) is 5.16 Å². The van der Waals surface area contributed by atoms with Gasteiger partial charge >= 0.3 is 0 Å². The summed E-state index contributed by atoms with van der Waals surface area (Å²) in [5.41, 5.74) is 1.55. The molecule has 0 spiro atoms. The van der Waals surface area contributed by atoms with Crippen LogP contribution in [-0.4, -0.2) is 10.9 Å². The van der Waals surface area contributed by atoms with E-state index in [0.717, 1.165) is 18.1 Å². The summed E-state index contributed by atoms with van der Waals surface area (Å²) in [5.74, 6) is 0.744. The Bertz CT molecular complexity index is 244. The predicted molar refractivity (Wildman–Crippen MR) is 48.5 cm³/mol. The molecule has 0 aliphatic heterocycles. The predicted octanol–water partition coefficient (Wildman–Crippen LogP) is 2.66. The van der Waals surface area contributed by atoms with Crippen molar-refractivity contribution in [3.05, 3.63) is 0 Å². The number of oxime groups is 1. The highest BCUT2D eigenvalue weighted by atomic mass is 16.4. The second kappa shape index (κ2) is 2.04. The van der Waals surface area contributed by atoms with Crippen molar-refractivity contribution < 1.29 is 5.21 Å². The average molecular weight is 167 g/mol. The number of rotatable bonds is 0. The SMILES string of the molecule is CC1(C)[C@H]2CC[C@]1(C)C(=NO)C2. The van der Waals surface area contributed by atoms with Crippen LogP contribution in [0.3, 0.4) is 0 Å². The van der Waals surface area contributed by atoms with E-state index in [1.165, 1.54) is 12.8 Å². The molecule has 2 bridgehead atoms. The van der Waals surface area contributed by atoms with Crippen LogP contribution in [0.4, 0.5) is 0 Å². The van der Waals surface area contributed by atoms with Crippen molar-refractivity contribution in [2.75, 3.05) is 0 Å². The fourth-order valence-electron chi connectivity index (χ4n) is 3.08. The summed E-state index contributed by atoms with van der Waals surface area (Å²) in [4.78, 5) is 0. The summed E-state index contributed by atoms with van der Waals surface area (Å²) in [6.07, 6.45) is 3.52. The fraction of sp³-hybridized carbons (Fsp3) is 0.900. The van der Waals surface area contributed by atoms with Gasteiger partial charge in [-0.25, -0.2) is 0 Å². The van der Waals surface area contributed by atoms with Crippen molar-refractivity contribution in [1.82, 2.24) is 0 Å². The van der Waals surface area contributed by atoms with Gasteiger partial charge in [0.15, 0.2) is 0 Å². The lowest BCUT2D eigenvalue weighted by molar-refractivity contribution is 0.190. The minimum absolute atomic E-state index is 0.173. The van der Waals surface area contributed by atoms with E-state index in [1.54, 1.807) is 0 Å². The molecular formula is C10H17NO. The van der Waals surface area contributed by atoms with Crippen LogP contribution >= 0.6 is 0 Å². The lowest BCUT2D eigenvalue weighted by Crippen LogP contribution is -2.32. The molecule has 12 heavy (non-hydrogen) atoms. The van der Waals surface area contributed by atoms with E-state index in [0.29, 0.717) is 5.41 Å². The topological polar surface area (TPSA) is 32.6 Å². The molecule has 2 rings (SSSR count). The Morgan fingerprint density at radius 2 is 2.08 bits per heavy atom. The Morgan fingerprint density at radius 1 is 1.42 bits per heavy atom. The first kappa shape index (κ1) is 8.09. The standard InChI is InChI=1S/C10H17NO/c1-9(2)7-4-5-10(9,3)8(6-7)11-12/h7,12H,4-6H2,1-3H3/t7-,10+/m0/s1. The number of nitrogens with zero attached hydrogens (tertiary/aromatic N) is 1. The third kappa shape index (κ3) is 0.644. The van der Waals surface area contributed by atoms with E-state index in [1.807, 2.05) is 0 Å². The summed E-state index contributed by atoms with van der Waals surface area (Å²) >= 11 is 0. The summed E-state index contributed by atoms with van der Waals surface area (Å²) in [5, 5.41) is 12.3. The van der Waals surface area contributed by atoms with Crippen LogP contribution < -0.4 is 0 Å². The van der Waals surface area contributed by atoms with Crippen molar-refractivity contribution in [2.24, 2.45) is 21.9 Å². The molecule has 0 heterocycles. The molecule has 0 aromatic heterocycles. The van der Waals surface area contributed by atoms with E-state index in [2.05, 4.69) is 25.9 Å². The maximum atomic E-state index is 8.87. The zero-order valence-electron chi connectivity index (χ0n) is 8.09. The van der Waals surface area contributed by atoms with Gasteiger partial charge in [0.05, 0.1) is 5.71 Å². The van der Waals surface area contributed by atoms with Crippen LogP contribution in [0.5, 0.6) is 0 Å². The molecule has 0 unspecified atom stereocenters. The van der Waals surface area contributed by atoms with Crippen LogP contribution in [0.2, 0.25) is 0 Å². The Morgan fingerprint density at radius 3 is 2.33 bits per heavy atom. The average Bonchev–Trinajstić information content (AvgIpc) is 2.34. The minimum atomic E-state index is 0.173. The molecule has 0 aromatic carbocycles. The first-order valence-electron chi connectivity index (χ1n) is 4.74. The molecule has 2 nitrogen and oxygen atoms in total. The molecule has 0 saturated heterocycles. The maximum absolute atomic E-state index is 8.87. The van der Waals surface area contributed by atoms with Gasteiger partial charge in [0.1, 0.15) is 0 Å². The summed E-state index contributed by atoms with van der Waals surface area (Å²) < 4.78 is 0. The van der Waals surface area contributed by atoms with Gasteiger partial charge in [0.25, 0.3) is 0 Å². The van der Waals surface area contributed by atoms with Crippen LogP contribution in [0.1, 0.15) is 40.0 Å². The van der Waals surface area contributed by atoms with Crippen molar-refractivity contribution in [2.45, 2.75) is 40.0 Å². The molecule has 2 aliphatic rings. The van der Waals surface area contributed by atoms with Gasteiger partial charge in [-0.2, -0.15) is 0 Å². The molecule has 2 fully saturated rings. The van der Waals surface area contributed by atoms with Gasteiger partial charge in [0, 0.05) is 5.41 Å². The molecule has 2 heteroatoms. The number of fused-ring (bicyclic) bond motifs is 2. The largest absolute Gasteiger partial charge is 0.411 e. The van der Waals surface area contributed by atoms with Gasteiger partial charge < -0.3 is 5.21 Å². The quantitative estimate of drug-likeness (QED) is 0.436. The zero-order valence-corrected chi connectivity index (χ0v) is 8.09. The van der Waals surface area contributed by atoms with Crippen molar-refractivity contribution >= 4 is 5.71 Å². The summed E-state index contributed by atoms with van der Waals surface area (Å²) in [6.45, 7) is 6.86. The van der Waals surface area contributed by atoms with Crippen molar-refractivity contribution in [3.8, 4) is 0 Å². The van der Waals surface area contributed by atoms with Gasteiger partial charge in [0.2, 0.25) is 0 Å². The molecule has 1 N–H and O–H groups in total. The Balaban J connectivity index is 2.46. The maximum Gasteiger partial charge on any atom is 0.0638 e. The fourth-order valence-corrected chi connectivity index (χ4v) is 3.08. The monoisotopic (exact) mass is 167 g/mol. The highest BCUT2D eigenvalue weighted by Gasteiger charge is 2.60. The highest BCUT2D eigenvalue weighted by molar-refractivity contribution is 5.93. The van der Waals surface area contributed by atoms with Gasteiger partial charge in [-0.15, -0.1) is 0 Å². The van der Waals surface area contributed by atoms with Gasteiger partial charge in [-0.3, -0.25) is 0 Å². The molecule has 2 atom stereocenters. The normalized spacial score (nSPS) is 47.2. The minimum Gasteiger partial charge on any atom is -0.411 e. The molecule has 0 amide bonds. The molecule has 0 aromatic rings. The van der Waals surface area contributed by atoms with Crippen LogP contribution in [0, 0.1) is 16.7 Å². The molecule has 2 aliphatic carbocycles. The Labute approximate surface area is 73.7 Å². The first-order valence-corrected chi connectivity index (χ1v) is 4.74. The lowest BCUT2D eigenvalue weighted by atomic mass is 9.70. The summed E-state index contributed by atoms with van der Waals surface area (Å²) in [6, 6.07) is 0. The second-order valence-electron chi connectivity index (χ2n) is 5.04. The summed E-state index contributed by atoms with van der Waals surface area (Å²) in [7, 11) is 0. The van der Waals surface area contributed by atoms with Gasteiger partial charge in [-0.05, 0) is 30.6 Å². The van der Waals surface area contributed by atoms with E-state index in [9.17, 15) is 0 Å². The van der Waals surface area contributed by atoms with E-state index in [4.69, 9.17) is 5.21 Å². The second-order valence-corrected chi connectivity index (χ2v) is 5.04. The van der Waals surface area contributed by atoms with Crippen LogP contribution in [0.25, 0.3) is 0 Å². The zero-order chi connectivity index (χ0) is 8.98. The highest BCUT2D eigenvalue weighted by Crippen LogP contribution is 2.63. The Hall–Kier alpha value is -0.530. The van der Waals surface area contributed by atoms with E-state index >= 15 is 0 Å². The molecular weight excluding hydrogens is 150 g/mol. The van der Waals surface area contributed by atoms with E-state index < -0.39 is 0 Å². The van der Waals surface area contributed by atoms with Crippen LogP contribution in [-0.2, 0) is 0 Å². The molecule has 0 radical (unpaired) electrons. The van der Waals surface area contributed by atoms with Crippen molar-refractivity contribution in [3.63, 3.8) is 0 Å². The smallest absolute Gasteiger partial charge is 0.0638 e. The van der Waals surface area contributed by atoms with Crippen molar-refractivity contribution in [1.29, 1.82) is 0 Å². The third-order valence-corrected chi connectivity index (χ3v) is 4.63. The molecule has 68 valence electrons. The van der Waals surface area contributed by atoms with Gasteiger partial charge in [-0.1, -0.05) is 25.9 Å². The lowest BCUT2D eigenvalue weighted by Gasteiger charge is -2.33. The number of hydrogen-bond acceptors (Lipinski definition) is 2. The first-order chi connectivity index (χ1) is 5.52. The number of hydrogen-bond donors (Lipinski definition) is 1.